The molecule has 9 nitrogen and oxygen atoms in total. The number of ether oxygens (including phenoxy) is 1. The second-order valence-electron chi connectivity index (χ2n) is 8.53. The summed E-state index contributed by atoms with van der Waals surface area (Å²) in [6, 6.07) is 8.74. The zero-order chi connectivity index (χ0) is 24.5. The monoisotopic (exact) mass is 504 g/mol. The van der Waals surface area contributed by atoms with E-state index in [9.17, 15) is 13.2 Å². The third kappa shape index (κ3) is 4.86. The fraction of sp³-hybridized carbons (Fsp3) is 0.435. The topological polar surface area (TPSA) is 115 Å². The Labute approximate surface area is 203 Å². The summed E-state index contributed by atoms with van der Waals surface area (Å²) in [4.78, 5) is 18.8. The number of para-hydroxylation sites is 2. The molecule has 1 aromatic carbocycles. The van der Waals surface area contributed by atoms with Crippen molar-refractivity contribution >= 4 is 33.0 Å². The molecule has 1 amide bonds. The lowest BCUT2D eigenvalue weighted by Crippen LogP contribution is -2.43. The number of nitrogens with one attached hydrogen (secondary N) is 1. The highest BCUT2D eigenvalue weighted by atomic mass is 32.2. The van der Waals surface area contributed by atoms with Crippen molar-refractivity contribution in [1.82, 2.24) is 14.4 Å². The van der Waals surface area contributed by atoms with E-state index in [-0.39, 0.29) is 23.3 Å². The number of carbonyl (C=O) groups excluding carboxylic acids is 1. The van der Waals surface area contributed by atoms with Gasteiger partial charge in [-0.3, -0.25) is 4.79 Å². The molecular weight excluding hydrogens is 476 g/mol. The van der Waals surface area contributed by atoms with Crippen LogP contribution in [0.15, 0.2) is 39.8 Å². The molecule has 2 aromatic heterocycles. The van der Waals surface area contributed by atoms with Gasteiger partial charge in [-0.25, -0.2) is 8.42 Å². The Morgan fingerprint density at radius 1 is 1.32 bits per heavy atom. The number of anilines is 1. The van der Waals surface area contributed by atoms with Gasteiger partial charge in [0.15, 0.2) is 0 Å². The van der Waals surface area contributed by atoms with Crippen molar-refractivity contribution in [3.63, 3.8) is 0 Å². The molecule has 34 heavy (non-hydrogen) atoms. The number of hydrogen-bond donors (Lipinski definition) is 1. The second kappa shape index (κ2) is 9.85. The lowest BCUT2D eigenvalue weighted by Gasteiger charge is -2.31. The average molecular weight is 505 g/mol. The van der Waals surface area contributed by atoms with E-state index in [0.717, 1.165) is 0 Å². The SMILES string of the molecule is COc1ccccc1NC(=O)C1CCCN(S(=O)(=O)c2cc(-c3noc(C(C)C)n3)sc2C)C1. The lowest BCUT2D eigenvalue weighted by molar-refractivity contribution is -0.120. The van der Waals surface area contributed by atoms with Crippen molar-refractivity contribution in [2.24, 2.45) is 5.92 Å². The highest BCUT2D eigenvalue weighted by Gasteiger charge is 2.35. The first-order valence-electron chi connectivity index (χ1n) is 11.1. The van der Waals surface area contributed by atoms with E-state index in [1.54, 1.807) is 31.2 Å². The fourth-order valence-corrected chi connectivity index (χ4v) is 6.91. The molecule has 1 aliphatic heterocycles. The van der Waals surface area contributed by atoms with Gasteiger partial charge in [0.1, 0.15) is 5.75 Å². The van der Waals surface area contributed by atoms with Gasteiger partial charge < -0.3 is 14.6 Å². The molecule has 0 radical (unpaired) electrons. The molecule has 1 saturated heterocycles. The molecular formula is C23H28N4O5S2. The quantitative estimate of drug-likeness (QED) is 0.511. The minimum Gasteiger partial charge on any atom is -0.495 e. The standard InChI is InChI=1S/C23H28N4O5S2/c1-14(2)23-25-21(26-32-23)19-12-20(15(3)33-19)34(29,30)27-11-7-8-16(13-27)22(28)24-17-9-5-6-10-18(17)31-4/h5-6,9-10,12,14,16H,7-8,11,13H2,1-4H3,(H,24,28). The number of sulfonamides is 1. The summed E-state index contributed by atoms with van der Waals surface area (Å²) in [6.07, 6.45) is 1.21. The van der Waals surface area contributed by atoms with Crippen LogP contribution in [0.25, 0.3) is 10.7 Å². The molecule has 1 fully saturated rings. The van der Waals surface area contributed by atoms with Gasteiger partial charge in [-0.1, -0.05) is 31.1 Å². The summed E-state index contributed by atoms with van der Waals surface area (Å²) in [6.45, 7) is 6.15. The first-order chi connectivity index (χ1) is 16.2. The summed E-state index contributed by atoms with van der Waals surface area (Å²) in [5, 5.41) is 6.88. The molecule has 1 atom stereocenters. The van der Waals surface area contributed by atoms with Crippen LogP contribution in [0.5, 0.6) is 5.75 Å². The van der Waals surface area contributed by atoms with E-state index in [4.69, 9.17) is 9.26 Å². The van der Waals surface area contributed by atoms with Gasteiger partial charge in [0.25, 0.3) is 0 Å². The predicted molar refractivity (Wildman–Crippen MR) is 130 cm³/mol. The zero-order valence-electron chi connectivity index (χ0n) is 19.6. The molecule has 11 heteroatoms. The van der Waals surface area contributed by atoms with E-state index in [2.05, 4.69) is 15.5 Å². The summed E-state index contributed by atoms with van der Waals surface area (Å²) in [5.41, 5.74) is 0.564. The first-order valence-corrected chi connectivity index (χ1v) is 13.3. The molecule has 1 N–H and O–H groups in total. The molecule has 0 aliphatic carbocycles. The fourth-order valence-electron chi connectivity index (χ4n) is 3.90. The van der Waals surface area contributed by atoms with Gasteiger partial charge in [-0.05, 0) is 38.0 Å². The highest BCUT2D eigenvalue weighted by Crippen LogP contribution is 2.35. The van der Waals surface area contributed by atoms with E-state index in [1.807, 2.05) is 19.9 Å². The van der Waals surface area contributed by atoms with Crippen LogP contribution in [0.2, 0.25) is 0 Å². The molecule has 1 aliphatic rings. The Morgan fingerprint density at radius 2 is 2.09 bits per heavy atom. The Balaban J connectivity index is 1.52. The third-order valence-corrected chi connectivity index (χ3v) is 8.93. The summed E-state index contributed by atoms with van der Waals surface area (Å²) < 4.78 is 39.0. The van der Waals surface area contributed by atoms with Crippen LogP contribution in [0.1, 0.15) is 43.4 Å². The normalized spacial score (nSPS) is 17.1. The van der Waals surface area contributed by atoms with Gasteiger partial charge in [0.2, 0.25) is 27.6 Å². The van der Waals surface area contributed by atoms with Crippen molar-refractivity contribution in [1.29, 1.82) is 0 Å². The molecule has 0 spiro atoms. The van der Waals surface area contributed by atoms with Gasteiger partial charge >= 0.3 is 0 Å². The van der Waals surface area contributed by atoms with Gasteiger partial charge in [-0.15, -0.1) is 11.3 Å². The van der Waals surface area contributed by atoms with Crippen LogP contribution >= 0.6 is 11.3 Å². The van der Waals surface area contributed by atoms with E-state index in [0.29, 0.717) is 52.3 Å². The molecule has 1 unspecified atom stereocenters. The number of aromatic nitrogens is 2. The van der Waals surface area contributed by atoms with Crippen LogP contribution in [0.3, 0.4) is 0 Å². The number of thiophene rings is 1. The van der Waals surface area contributed by atoms with Gasteiger partial charge in [0.05, 0.1) is 28.5 Å². The van der Waals surface area contributed by atoms with Gasteiger partial charge in [-0.2, -0.15) is 9.29 Å². The molecule has 3 heterocycles. The summed E-state index contributed by atoms with van der Waals surface area (Å²) in [5.74, 6) is 0.839. The van der Waals surface area contributed by atoms with E-state index >= 15 is 0 Å². The lowest BCUT2D eigenvalue weighted by atomic mass is 9.98. The number of piperidine rings is 1. The number of carbonyl (C=O) groups is 1. The highest BCUT2D eigenvalue weighted by molar-refractivity contribution is 7.89. The van der Waals surface area contributed by atoms with Crippen LogP contribution in [0, 0.1) is 12.8 Å². The van der Waals surface area contributed by atoms with Crippen LogP contribution in [-0.4, -0.2) is 49.0 Å². The number of aryl methyl sites for hydroxylation is 1. The van der Waals surface area contributed by atoms with Crippen LogP contribution in [-0.2, 0) is 14.8 Å². The average Bonchev–Trinajstić information content (AvgIpc) is 3.47. The van der Waals surface area contributed by atoms with Crippen molar-refractivity contribution < 1.29 is 22.5 Å². The summed E-state index contributed by atoms with van der Waals surface area (Å²) >= 11 is 1.31. The predicted octanol–water partition coefficient (Wildman–Crippen LogP) is 4.28. The second-order valence-corrected chi connectivity index (χ2v) is 11.7. The summed E-state index contributed by atoms with van der Waals surface area (Å²) in [7, 11) is -2.25. The molecule has 0 saturated carbocycles. The Bertz CT molecular complexity index is 1280. The molecule has 182 valence electrons. The van der Waals surface area contributed by atoms with Crippen LogP contribution < -0.4 is 10.1 Å². The molecule has 3 aromatic rings. The maximum Gasteiger partial charge on any atom is 0.244 e. The Kier molecular flexibility index (Phi) is 7.06. The number of hydrogen-bond acceptors (Lipinski definition) is 8. The van der Waals surface area contributed by atoms with Gasteiger partial charge in [0, 0.05) is 23.9 Å². The van der Waals surface area contributed by atoms with Crippen molar-refractivity contribution in [2.75, 3.05) is 25.5 Å². The number of methoxy groups -OCH3 is 1. The van der Waals surface area contributed by atoms with E-state index in [1.165, 1.54) is 22.8 Å². The number of nitrogens with zero attached hydrogens (tertiary/aromatic N) is 3. The number of benzene rings is 1. The maximum atomic E-state index is 13.5. The Morgan fingerprint density at radius 3 is 2.79 bits per heavy atom. The van der Waals surface area contributed by atoms with E-state index < -0.39 is 15.9 Å². The zero-order valence-corrected chi connectivity index (χ0v) is 21.2. The van der Waals surface area contributed by atoms with Crippen LogP contribution in [0.4, 0.5) is 5.69 Å². The van der Waals surface area contributed by atoms with Crippen molar-refractivity contribution in [2.45, 2.75) is 44.4 Å². The Hall–Kier alpha value is -2.76. The minimum atomic E-state index is -3.79. The largest absolute Gasteiger partial charge is 0.495 e. The first kappa shape index (κ1) is 24.4. The number of rotatable bonds is 7. The maximum absolute atomic E-state index is 13.5. The molecule has 4 rings (SSSR count). The third-order valence-electron chi connectivity index (χ3n) is 5.77. The van der Waals surface area contributed by atoms with Crippen molar-refractivity contribution in [3.8, 4) is 16.5 Å². The number of amides is 1. The molecule has 0 bridgehead atoms. The minimum absolute atomic E-state index is 0.0813. The smallest absolute Gasteiger partial charge is 0.244 e. The van der Waals surface area contributed by atoms with Crippen molar-refractivity contribution in [3.05, 3.63) is 41.1 Å².